The van der Waals surface area contributed by atoms with E-state index in [1.807, 2.05) is 24.3 Å². The number of carbonyl (C=O) groups is 9. The Morgan fingerprint density at radius 3 is 2.16 bits per heavy atom. The second-order valence-electron chi connectivity index (χ2n) is 18.1. The van der Waals surface area contributed by atoms with Crippen molar-refractivity contribution in [2.75, 3.05) is 26.2 Å². The number of aliphatic imine (C=N–C) groups is 2. The Kier molecular flexibility index (Phi) is 23.7. The number of H-pyrrole nitrogens is 1. The number of ketones is 2. The van der Waals surface area contributed by atoms with E-state index in [4.69, 9.17) is 40.3 Å². The lowest BCUT2D eigenvalue weighted by Gasteiger charge is -2.26. The Labute approximate surface area is 432 Å². The van der Waals surface area contributed by atoms with Crippen molar-refractivity contribution in [3.63, 3.8) is 0 Å². The first kappa shape index (κ1) is 59.0. The number of nitrogens with zero attached hydrogens (tertiary/aromatic N) is 2. The molecule has 0 spiro atoms. The topological polar surface area (TPSA) is 417 Å². The predicted octanol–water partition coefficient (Wildman–Crippen LogP) is -1.52. The van der Waals surface area contributed by atoms with Crippen LogP contribution in [-0.4, -0.2) is 131 Å². The van der Waals surface area contributed by atoms with E-state index in [9.17, 15) is 48.3 Å². The maximum Gasteiger partial charge on any atom is 0.245 e. The van der Waals surface area contributed by atoms with Crippen LogP contribution in [0.3, 0.4) is 0 Å². The zero-order valence-corrected chi connectivity index (χ0v) is 42.1. The predicted molar refractivity (Wildman–Crippen MR) is 276 cm³/mol. The van der Waals surface area contributed by atoms with E-state index in [1.165, 1.54) is 6.92 Å². The fourth-order valence-electron chi connectivity index (χ4n) is 8.46. The lowest BCUT2D eigenvalue weighted by Crippen LogP contribution is -2.58. The van der Waals surface area contributed by atoms with Crippen LogP contribution < -0.4 is 60.6 Å². The first-order valence-electron chi connectivity index (χ1n) is 24.4. The van der Waals surface area contributed by atoms with Crippen molar-refractivity contribution in [3.8, 4) is 0 Å². The third-order valence-electron chi connectivity index (χ3n) is 12.3. The molecule has 402 valence electrons. The Morgan fingerprint density at radius 1 is 0.797 bits per heavy atom. The summed E-state index contributed by atoms with van der Waals surface area (Å²) in [4.78, 5) is 135. The maximum atomic E-state index is 14.7. The van der Waals surface area contributed by atoms with Crippen LogP contribution in [0.2, 0.25) is 5.02 Å². The number of nitrogens with one attached hydrogen (secondary N) is 7. The SMILES string of the molecule is CC(=O)N[C@@H](CCCN=C(N)N)C(=O)N[C@H]1CCC(=O)NCCC[C@@H](C(N)=O)NC(=O)[C@H](Cc2c[nH]c3ccccc23)CC(=O)[C@H](CCCN=C(N)N)CC(=O)[C@@H](Cc2cccc(Cl)c2)NC(=O)[C@H](CO)NC1=O. The lowest BCUT2D eigenvalue weighted by atomic mass is 9.83. The third-order valence-corrected chi connectivity index (χ3v) is 12.5. The number of para-hydroxylation sites is 1. The van der Waals surface area contributed by atoms with Crippen LogP contribution in [-0.2, 0) is 56.0 Å². The smallest absolute Gasteiger partial charge is 0.245 e. The van der Waals surface area contributed by atoms with Gasteiger partial charge < -0.3 is 70.7 Å². The molecule has 25 heteroatoms. The fourth-order valence-corrected chi connectivity index (χ4v) is 8.67. The Bertz CT molecular complexity index is 2530. The van der Waals surface area contributed by atoms with Crippen molar-refractivity contribution in [1.82, 2.24) is 36.9 Å². The molecule has 1 aliphatic heterocycles. The number of hydrogen-bond acceptors (Lipinski definition) is 12. The number of amides is 7. The molecule has 2 heterocycles. The van der Waals surface area contributed by atoms with Gasteiger partial charge in [-0.25, -0.2) is 0 Å². The first-order chi connectivity index (χ1) is 35.2. The number of rotatable bonds is 17. The van der Waals surface area contributed by atoms with Gasteiger partial charge in [0.1, 0.15) is 30.0 Å². The summed E-state index contributed by atoms with van der Waals surface area (Å²) < 4.78 is 0. The van der Waals surface area contributed by atoms with E-state index >= 15 is 0 Å². The molecule has 7 amide bonds. The molecule has 3 aromatic rings. The normalized spacial score (nSPS) is 21.4. The van der Waals surface area contributed by atoms with E-state index in [-0.39, 0.29) is 95.8 Å². The maximum absolute atomic E-state index is 14.7. The van der Waals surface area contributed by atoms with Crippen LogP contribution in [0.1, 0.15) is 82.3 Å². The van der Waals surface area contributed by atoms with Gasteiger partial charge in [-0.2, -0.15) is 0 Å². The summed E-state index contributed by atoms with van der Waals surface area (Å²) in [5.74, 6) is -9.20. The molecule has 1 saturated heterocycles. The number of carbonyl (C=O) groups excluding carboxylic acids is 9. The Balaban J connectivity index is 1.75. The van der Waals surface area contributed by atoms with E-state index in [0.29, 0.717) is 16.1 Å². The standard InChI is InChI=1S/C49H69ClN14O10/c1-27(66)60-36(14-7-19-58-49(54)55)45(72)62-37-15-16-42(69)56-17-6-13-35(43(51)70)61-44(71)30(22-31-25-59-34-12-3-2-11-33(31)34)24-40(67)29(9-5-18-57-48(52)53)23-41(68)38(21-28-8-4-10-32(50)20-28)63-47(74)39(26-65)64-46(37)73/h2-4,8,10-12,20,25,29-30,35-39,59,65H,5-7,9,13-19,21-24,26H2,1H3,(H2,51,70)(H,56,69)(H,60,66)(H,61,71)(H,62,72)(H,63,74)(H,64,73)(H4,52,53,57)(H4,54,55,58)/t29-,30-,35+,36+,37+,38-,39+/m1/s1. The quantitative estimate of drug-likeness (QED) is 0.0415. The molecule has 18 N–H and O–H groups in total. The second kappa shape index (κ2) is 29.8. The summed E-state index contributed by atoms with van der Waals surface area (Å²) in [6.45, 7) is 0.379. The summed E-state index contributed by atoms with van der Waals surface area (Å²) in [7, 11) is 0. The number of aliphatic hydroxyl groups is 1. The van der Waals surface area contributed by atoms with Crippen LogP contribution in [0.4, 0.5) is 0 Å². The minimum absolute atomic E-state index is 0.0158. The summed E-state index contributed by atoms with van der Waals surface area (Å²) in [5.41, 5.74) is 29.7. The van der Waals surface area contributed by atoms with Crippen LogP contribution in [0.15, 0.2) is 64.7 Å². The van der Waals surface area contributed by atoms with Gasteiger partial charge in [0, 0.05) is 79.8 Å². The molecule has 2 aromatic carbocycles. The van der Waals surface area contributed by atoms with E-state index < -0.39 is 114 Å². The molecule has 1 fully saturated rings. The van der Waals surface area contributed by atoms with Crippen molar-refractivity contribution < 1.29 is 48.3 Å². The molecule has 0 saturated carbocycles. The van der Waals surface area contributed by atoms with Gasteiger partial charge in [0.05, 0.1) is 12.6 Å². The van der Waals surface area contributed by atoms with E-state index in [2.05, 4.69) is 46.9 Å². The van der Waals surface area contributed by atoms with Crippen LogP contribution in [0.5, 0.6) is 0 Å². The first-order valence-corrected chi connectivity index (χ1v) is 24.7. The van der Waals surface area contributed by atoms with Crippen LogP contribution >= 0.6 is 11.6 Å². The zero-order valence-electron chi connectivity index (χ0n) is 41.3. The number of nitrogens with two attached hydrogens (primary N) is 5. The number of aromatic nitrogens is 1. The molecule has 7 atom stereocenters. The Hall–Kier alpha value is -7.60. The van der Waals surface area contributed by atoms with Crippen molar-refractivity contribution in [2.24, 2.45) is 50.5 Å². The van der Waals surface area contributed by atoms with Crippen LogP contribution in [0.25, 0.3) is 10.9 Å². The largest absolute Gasteiger partial charge is 0.394 e. The van der Waals surface area contributed by atoms with Gasteiger partial charge in [0.15, 0.2) is 17.7 Å². The fraction of sp³-hybridized carbons (Fsp3) is 0.490. The summed E-state index contributed by atoms with van der Waals surface area (Å²) in [6, 6.07) is 6.75. The highest BCUT2D eigenvalue weighted by Crippen LogP contribution is 2.26. The second-order valence-corrected chi connectivity index (χ2v) is 18.6. The number of aliphatic hydroxyl groups excluding tert-OH is 1. The molecule has 0 aliphatic carbocycles. The highest BCUT2D eigenvalue weighted by atomic mass is 35.5. The number of benzene rings is 2. The molecule has 0 radical (unpaired) electrons. The monoisotopic (exact) mass is 1050 g/mol. The van der Waals surface area contributed by atoms with Gasteiger partial charge in [-0.3, -0.25) is 53.1 Å². The minimum Gasteiger partial charge on any atom is -0.394 e. The van der Waals surface area contributed by atoms with Gasteiger partial charge in [0.2, 0.25) is 41.4 Å². The molecule has 0 unspecified atom stereocenters. The number of hydrogen-bond donors (Lipinski definition) is 13. The third kappa shape index (κ3) is 19.8. The average Bonchev–Trinajstić information content (AvgIpc) is 3.75. The lowest BCUT2D eigenvalue weighted by molar-refractivity contribution is -0.136. The minimum atomic E-state index is -1.73. The van der Waals surface area contributed by atoms with Crippen molar-refractivity contribution in [1.29, 1.82) is 0 Å². The molecule has 1 aliphatic rings. The zero-order chi connectivity index (χ0) is 54.3. The number of fused-ring (bicyclic) bond motifs is 1. The van der Waals surface area contributed by atoms with Crippen molar-refractivity contribution >= 4 is 87.3 Å². The molecular formula is C49H69ClN14O10. The van der Waals surface area contributed by atoms with Crippen molar-refractivity contribution in [2.45, 2.75) is 114 Å². The number of primary amides is 1. The summed E-state index contributed by atoms with van der Waals surface area (Å²) in [6.07, 6.45) is 0.700. The van der Waals surface area contributed by atoms with E-state index in [1.54, 1.807) is 30.5 Å². The number of Topliss-reactive ketones (excluding diaryl/α,β-unsaturated/α-hetero) is 2. The highest BCUT2D eigenvalue weighted by molar-refractivity contribution is 6.30. The molecule has 1 aromatic heterocycles. The molecule has 24 nitrogen and oxygen atoms in total. The summed E-state index contributed by atoms with van der Waals surface area (Å²) >= 11 is 6.31. The van der Waals surface area contributed by atoms with Gasteiger partial charge in [-0.15, -0.1) is 0 Å². The highest BCUT2D eigenvalue weighted by Gasteiger charge is 2.35. The summed E-state index contributed by atoms with van der Waals surface area (Å²) in [5, 5.41) is 27.1. The van der Waals surface area contributed by atoms with Crippen molar-refractivity contribution in [3.05, 3.63) is 70.9 Å². The molecule has 74 heavy (non-hydrogen) atoms. The number of halogens is 1. The van der Waals surface area contributed by atoms with E-state index in [0.717, 1.165) is 10.9 Å². The molecule has 0 bridgehead atoms. The van der Waals surface area contributed by atoms with Crippen LogP contribution in [0, 0.1) is 11.8 Å². The Morgan fingerprint density at radius 2 is 1.49 bits per heavy atom. The van der Waals surface area contributed by atoms with Gasteiger partial charge in [-0.05, 0) is 87.1 Å². The average molecular weight is 1050 g/mol. The number of aromatic amines is 1. The van der Waals surface area contributed by atoms with Gasteiger partial charge in [-0.1, -0.05) is 41.9 Å². The van der Waals surface area contributed by atoms with Gasteiger partial charge in [0.25, 0.3) is 0 Å². The van der Waals surface area contributed by atoms with Gasteiger partial charge >= 0.3 is 0 Å². The molecule has 4 rings (SSSR count). The number of guanidine groups is 2. The molecular weight excluding hydrogens is 980 g/mol.